The standard InChI is InChI=1S/C11H13ClFNO2/c1-15-11-7(2-3-8(13)10(11)12)9-6-14-4-5-16-9/h2-3,9,14H,4-6H2,1H3. The Morgan fingerprint density at radius 1 is 1.56 bits per heavy atom. The number of rotatable bonds is 2. The van der Waals surface area contributed by atoms with E-state index in [-0.39, 0.29) is 11.1 Å². The normalized spacial score (nSPS) is 20.8. The summed E-state index contributed by atoms with van der Waals surface area (Å²) in [6.45, 7) is 2.13. The molecular formula is C11H13ClFNO2. The Balaban J connectivity index is 2.35. The monoisotopic (exact) mass is 245 g/mol. The zero-order chi connectivity index (χ0) is 11.5. The number of ether oxygens (including phenoxy) is 2. The maximum absolute atomic E-state index is 13.2. The van der Waals surface area contributed by atoms with Gasteiger partial charge in [-0.3, -0.25) is 0 Å². The Morgan fingerprint density at radius 2 is 2.38 bits per heavy atom. The van der Waals surface area contributed by atoms with Crippen LogP contribution in [0.3, 0.4) is 0 Å². The number of morpholine rings is 1. The number of nitrogens with one attached hydrogen (secondary N) is 1. The molecule has 0 radical (unpaired) electrons. The topological polar surface area (TPSA) is 30.5 Å². The third-order valence-corrected chi connectivity index (χ3v) is 2.91. The summed E-state index contributed by atoms with van der Waals surface area (Å²) >= 11 is 5.84. The maximum Gasteiger partial charge on any atom is 0.146 e. The van der Waals surface area contributed by atoms with Gasteiger partial charge in [0.15, 0.2) is 0 Å². The minimum atomic E-state index is -0.481. The van der Waals surface area contributed by atoms with Crippen LogP contribution in [0.5, 0.6) is 5.75 Å². The van der Waals surface area contributed by atoms with Crippen molar-refractivity contribution >= 4 is 11.6 Å². The molecule has 88 valence electrons. The minimum absolute atomic E-state index is 0.00849. The van der Waals surface area contributed by atoms with Crippen molar-refractivity contribution in [1.29, 1.82) is 0 Å². The smallest absolute Gasteiger partial charge is 0.146 e. The van der Waals surface area contributed by atoms with Gasteiger partial charge in [0.05, 0.1) is 19.8 Å². The van der Waals surface area contributed by atoms with Crippen LogP contribution in [0.2, 0.25) is 5.02 Å². The highest BCUT2D eigenvalue weighted by molar-refractivity contribution is 6.32. The Labute approximate surface area is 98.5 Å². The first kappa shape index (κ1) is 11.6. The van der Waals surface area contributed by atoms with Crippen LogP contribution in [-0.2, 0) is 4.74 Å². The van der Waals surface area contributed by atoms with Crippen molar-refractivity contribution in [2.24, 2.45) is 0 Å². The molecule has 0 saturated carbocycles. The van der Waals surface area contributed by atoms with E-state index in [1.54, 1.807) is 6.07 Å². The van der Waals surface area contributed by atoms with Crippen LogP contribution in [0.15, 0.2) is 12.1 Å². The molecule has 3 nitrogen and oxygen atoms in total. The van der Waals surface area contributed by atoms with Crippen molar-refractivity contribution in [3.63, 3.8) is 0 Å². The van der Waals surface area contributed by atoms with Crippen LogP contribution in [0.1, 0.15) is 11.7 Å². The van der Waals surface area contributed by atoms with Gasteiger partial charge < -0.3 is 14.8 Å². The van der Waals surface area contributed by atoms with Crippen molar-refractivity contribution in [3.05, 3.63) is 28.5 Å². The second-order valence-electron chi connectivity index (χ2n) is 3.55. The molecule has 0 bridgehead atoms. The number of hydrogen-bond donors (Lipinski definition) is 1. The summed E-state index contributed by atoms with van der Waals surface area (Å²) in [6.07, 6.45) is -0.137. The molecule has 1 aliphatic heterocycles. The second-order valence-corrected chi connectivity index (χ2v) is 3.93. The van der Waals surface area contributed by atoms with Gasteiger partial charge in [0, 0.05) is 18.7 Å². The lowest BCUT2D eigenvalue weighted by Gasteiger charge is -2.25. The summed E-state index contributed by atoms with van der Waals surface area (Å²) in [5.74, 6) is -0.124. The Hall–Kier alpha value is -0.840. The van der Waals surface area contributed by atoms with E-state index in [9.17, 15) is 4.39 Å². The summed E-state index contributed by atoms with van der Waals surface area (Å²) in [5.41, 5.74) is 0.779. The highest BCUT2D eigenvalue weighted by Crippen LogP contribution is 2.36. The molecule has 1 N–H and O–H groups in total. The van der Waals surface area contributed by atoms with E-state index in [1.165, 1.54) is 13.2 Å². The first-order valence-corrected chi connectivity index (χ1v) is 5.46. The molecule has 1 unspecified atom stereocenters. The summed E-state index contributed by atoms with van der Waals surface area (Å²) in [4.78, 5) is 0. The van der Waals surface area contributed by atoms with Crippen LogP contribution in [0.25, 0.3) is 0 Å². The fraction of sp³-hybridized carbons (Fsp3) is 0.455. The lowest BCUT2D eigenvalue weighted by molar-refractivity contribution is 0.0262. The van der Waals surface area contributed by atoms with Gasteiger partial charge in [0.1, 0.15) is 16.6 Å². The molecule has 16 heavy (non-hydrogen) atoms. The van der Waals surface area contributed by atoms with Gasteiger partial charge >= 0.3 is 0 Å². The maximum atomic E-state index is 13.2. The third kappa shape index (κ3) is 2.14. The van der Waals surface area contributed by atoms with E-state index in [0.29, 0.717) is 18.9 Å². The molecule has 0 amide bonds. The average Bonchev–Trinajstić information content (AvgIpc) is 2.33. The highest BCUT2D eigenvalue weighted by atomic mass is 35.5. The first-order chi connectivity index (χ1) is 7.74. The lowest BCUT2D eigenvalue weighted by Crippen LogP contribution is -2.33. The summed E-state index contributed by atoms with van der Waals surface area (Å²) < 4.78 is 24.0. The van der Waals surface area contributed by atoms with E-state index in [0.717, 1.165) is 12.1 Å². The molecule has 0 spiro atoms. The van der Waals surface area contributed by atoms with Crippen molar-refractivity contribution < 1.29 is 13.9 Å². The van der Waals surface area contributed by atoms with Crippen molar-refractivity contribution in [1.82, 2.24) is 5.32 Å². The molecule has 0 aliphatic carbocycles. The molecule has 1 atom stereocenters. The van der Waals surface area contributed by atoms with Crippen molar-refractivity contribution in [2.75, 3.05) is 26.8 Å². The van der Waals surface area contributed by atoms with Gasteiger partial charge in [-0.2, -0.15) is 0 Å². The predicted molar refractivity (Wildman–Crippen MR) is 59.5 cm³/mol. The molecule has 0 aromatic heterocycles. The number of hydrogen-bond acceptors (Lipinski definition) is 3. The van der Waals surface area contributed by atoms with Gasteiger partial charge in [-0.15, -0.1) is 0 Å². The summed E-state index contributed by atoms with van der Waals surface area (Å²) in [5, 5.41) is 3.21. The molecule has 5 heteroatoms. The molecular weight excluding hydrogens is 233 g/mol. The van der Waals surface area contributed by atoms with Crippen molar-refractivity contribution in [3.8, 4) is 5.75 Å². The number of methoxy groups -OCH3 is 1. The highest BCUT2D eigenvalue weighted by Gasteiger charge is 2.22. The van der Waals surface area contributed by atoms with Crippen LogP contribution < -0.4 is 10.1 Å². The lowest BCUT2D eigenvalue weighted by atomic mass is 10.1. The molecule has 2 rings (SSSR count). The minimum Gasteiger partial charge on any atom is -0.495 e. The van der Waals surface area contributed by atoms with Gasteiger partial charge in [-0.25, -0.2) is 4.39 Å². The van der Waals surface area contributed by atoms with Crippen LogP contribution in [0.4, 0.5) is 4.39 Å². The number of halogens is 2. The molecule has 1 aliphatic rings. The molecule has 1 aromatic carbocycles. The fourth-order valence-corrected chi connectivity index (χ4v) is 2.02. The summed E-state index contributed by atoms with van der Waals surface area (Å²) in [6, 6.07) is 2.98. The fourth-order valence-electron chi connectivity index (χ4n) is 1.77. The average molecular weight is 246 g/mol. The van der Waals surface area contributed by atoms with Crippen LogP contribution >= 0.6 is 11.6 Å². The summed E-state index contributed by atoms with van der Waals surface area (Å²) in [7, 11) is 1.47. The Bertz CT molecular complexity index is 380. The van der Waals surface area contributed by atoms with Gasteiger partial charge in [0.2, 0.25) is 0 Å². The largest absolute Gasteiger partial charge is 0.495 e. The molecule has 1 heterocycles. The number of benzene rings is 1. The van der Waals surface area contributed by atoms with Gasteiger partial charge in [0.25, 0.3) is 0 Å². The van der Waals surface area contributed by atoms with Crippen LogP contribution in [-0.4, -0.2) is 26.8 Å². The van der Waals surface area contributed by atoms with E-state index in [4.69, 9.17) is 21.1 Å². The van der Waals surface area contributed by atoms with Gasteiger partial charge in [-0.1, -0.05) is 11.6 Å². The van der Waals surface area contributed by atoms with Crippen LogP contribution in [0, 0.1) is 5.82 Å². The van der Waals surface area contributed by atoms with E-state index in [1.807, 2.05) is 0 Å². The second kappa shape index (κ2) is 4.99. The van der Waals surface area contributed by atoms with E-state index < -0.39 is 5.82 Å². The van der Waals surface area contributed by atoms with E-state index in [2.05, 4.69) is 5.32 Å². The van der Waals surface area contributed by atoms with E-state index >= 15 is 0 Å². The zero-order valence-corrected chi connectivity index (χ0v) is 9.68. The quantitative estimate of drug-likeness (QED) is 0.866. The van der Waals surface area contributed by atoms with Gasteiger partial charge in [-0.05, 0) is 12.1 Å². The SMILES string of the molecule is COc1c(C2CNCCO2)ccc(F)c1Cl. The molecule has 1 saturated heterocycles. The zero-order valence-electron chi connectivity index (χ0n) is 8.93. The first-order valence-electron chi connectivity index (χ1n) is 5.08. The van der Waals surface area contributed by atoms with Crippen molar-refractivity contribution in [2.45, 2.75) is 6.10 Å². The Kier molecular flexibility index (Phi) is 3.63. The molecule has 1 fully saturated rings. The Morgan fingerprint density at radius 3 is 3.00 bits per heavy atom. The third-order valence-electron chi connectivity index (χ3n) is 2.56. The molecule has 1 aromatic rings. The predicted octanol–water partition coefficient (Wildman–Crippen LogP) is 2.15.